The van der Waals surface area contributed by atoms with Crippen LogP contribution in [0.15, 0.2) is 200 Å². The first kappa shape index (κ1) is 30.9. The van der Waals surface area contributed by atoms with Crippen LogP contribution in [0.3, 0.4) is 0 Å². The molecule has 7 aromatic carbocycles. The third-order valence-electron chi connectivity index (χ3n) is 10.6. The minimum absolute atomic E-state index is 0.257. The Morgan fingerprint density at radius 2 is 0.981 bits per heavy atom. The number of hydrogen-bond donors (Lipinski definition) is 0. The number of para-hydroxylation sites is 1. The predicted molar refractivity (Wildman–Crippen MR) is 220 cm³/mol. The molecule has 0 spiro atoms. The Morgan fingerprint density at radius 1 is 0.415 bits per heavy atom. The largest absolute Gasteiger partial charge is 0.333 e. The Labute approximate surface area is 309 Å². The fourth-order valence-corrected chi connectivity index (χ4v) is 8.08. The van der Waals surface area contributed by atoms with Crippen molar-refractivity contribution in [2.24, 2.45) is 0 Å². The molecule has 0 fully saturated rings. The van der Waals surface area contributed by atoms with Gasteiger partial charge in [0.1, 0.15) is 0 Å². The zero-order chi connectivity index (χ0) is 35.1. The first-order valence-electron chi connectivity index (χ1n) is 18.2. The molecular formula is C50H35N3. The van der Waals surface area contributed by atoms with Crippen LogP contribution in [0, 0.1) is 0 Å². The third-order valence-corrected chi connectivity index (χ3v) is 10.6. The van der Waals surface area contributed by atoms with Gasteiger partial charge in [0.15, 0.2) is 5.82 Å². The Bertz CT molecular complexity index is 2660. The lowest BCUT2D eigenvalue weighted by molar-refractivity contribution is 0.745. The number of aromatic nitrogens is 2. The van der Waals surface area contributed by atoms with Crippen molar-refractivity contribution in [2.45, 2.75) is 12.0 Å². The van der Waals surface area contributed by atoms with E-state index in [0.29, 0.717) is 11.7 Å². The van der Waals surface area contributed by atoms with Gasteiger partial charge in [0.05, 0.1) is 17.4 Å². The zero-order valence-corrected chi connectivity index (χ0v) is 29.0. The quantitative estimate of drug-likeness (QED) is 0.175. The van der Waals surface area contributed by atoms with Crippen molar-refractivity contribution in [3.63, 3.8) is 0 Å². The Hall–Kier alpha value is -6.84. The molecular weight excluding hydrogens is 643 g/mol. The summed E-state index contributed by atoms with van der Waals surface area (Å²) in [4.78, 5) is 12.8. The fourth-order valence-electron chi connectivity index (χ4n) is 8.08. The average Bonchev–Trinajstić information content (AvgIpc) is 3.58. The van der Waals surface area contributed by atoms with Crippen molar-refractivity contribution in [2.75, 3.05) is 4.90 Å². The van der Waals surface area contributed by atoms with E-state index >= 15 is 0 Å². The molecule has 0 bridgehead atoms. The van der Waals surface area contributed by atoms with Crippen LogP contribution < -0.4 is 4.90 Å². The lowest BCUT2D eigenvalue weighted by atomic mass is 9.89. The van der Waals surface area contributed by atoms with E-state index in [9.17, 15) is 0 Å². The van der Waals surface area contributed by atoms with E-state index in [1.165, 1.54) is 44.6 Å². The number of hydrogen-bond acceptors (Lipinski definition) is 3. The van der Waals surface area contributed by atoms with Crippen LogP contribution in [-0.2, 0) is 0 Å². The number of anilines is 2. The molecule has 0 N–H and O–H groups in total. The highest BCUT2D eigenvalue weighted by Crippen LogP contribution is 2.49. The van der Waals surface area contributed by atoms with Gasteiger partial charge in [-0.2, -0.15) is 0 Å². The molecule has 8 aromatic rings. The molecule has 2 unspecified atom stereocenters. The summed E-state index contributed by atoms with van der Waals surface area (Å²) >= 11 is 0. The van der Waals surface area contributed by atoms with E-state index in [-0.39, 0.29) is 6.04 Å². The molecule has 1 aromatic heterocycles. The minimum atomic E-state index is 0.257. The molecule has 0 radical (unpaired) electrons. The molecule has 0 amide bonds. The van der Waals surface area contributed by atoms with Crippen LogP contribution in [0.1, 0.15) is 11.5 Å². The Balaban J connectivity index is 1.10. The van der Waals surface area contributed by atoms with Gasteiger partial charge in [0, 0.05) is 34.0 Å². The molecule has 53 heavy (non-hydrogen) atoms. The Morgan fingerprint density at radius 3 is 1.74 bits per heavy atom. The normalized spacial score (nSPS) is 15.7. The first-order chi connectivity index (χ1) is 26.3. The van der Waals surface area contributed by atoms with Crippen molar-refractivity contribution in [1.82, 2.24) is 9.97 Å². The smallest absolute Gasteiger partial charge is 0.160 e. The topological polar surface area (TPSA) is 29.0 Å². The SMILES string of the molecule is C1=CC2c3ccc(-c4ccc(-c5cc(-c6ccc(-c7ccccc7)cc6)nc(-c6ccccc6)n5)c5ccccc45)cc3N(c3ccccc3)C2C=C1. The van der Waals surface area contributed by atoms with Gasteiger partial charge in [-0.15, -0.1) is 0 Å². The van der Waals surface area contributed by atoms with Gasteiger partial charge < -0.3 is 4.90 Å². The van der Waals surface area contributed by atoms with Gasteiger partial charge in [-0.25, -0.2) is 9.97 Å². The predicted octanol–water partition coefficient (Wildman–Crippen LogP) is 12.7. The maximum absolute atomic E-state index is 5.22. The van der Waals surface area contributed by atoms with E-state index in [4.69, 9.17) is 9.97 Å². The van der Waals surface area contributed by atoms with Gasteiger partial charge in [-0.3, -0.25) is 0 Å². The standard InChI is InChI=1S/C50H35N3/c1-4-14-34(15-5-1)35-24-26-36(27-25-35)46-33-47(52-50(51-46)37-16-6-2-7-17-37)43-31-30-40(41-20-10-11-21-42(41)43)38-28-29-45-44-22-12-13-23-48(44)53(49(45)32-38)39-18-8-3-9-19-39/h1-33,44,48H. The van der Waals surface area contributed by atoms with E-state index in [1.807, 2.05) is 24.3 Å². The fraction of sp³-hybridized carbons (Fsp3) is 0.0400. The zero-order valence-electron chi connectivity index (χ0n) is 29.0. The van der Waals surface area contributed by atoms with Crippen LogP contribution in [-0.4, -0.2) is 16.0 Å². The van der Waals surface area contributed by atoms with Crippen LogP contribution in [0.25, 0.3) is 66.9 Å². The maximum Gasteiger partial charge on any atom is 0.160 e. The molecule has 0 saturated carbocycles. The summed E-state index contributed by atoms with van der Waals surface area (Å²) in [5.41, 5.74) is 13.5. The van der Waals surface area contributed by atoms with Gasteiger partial charge in [0.25, 0.3) is 0 Å². The van der Waals surface area contributed by atoms with Crippen LogP contribution in [0.4, 0.5) is 11.4 Å². The van der Waals surface area contributed by atoms with E-state index in [1.54, 1.807) is 0 Å². The van der Waals surface area contributed by atoms with E-state index in [2.05, 4.69) is 181 Å². The minimum Gasteiger partial charge on any atom is -0.333 e. The summed E-state index contributed by atoms with van der Waals surface area (Å²) in [6.45, 7) is 0. The number of nitrogens with zero attached hydrogens (tertiary/aromatic N) is 3. The van der Waals surface area contributed by atoms with Gasteiger partial charge in [-0.1, -0.05) is 176 Å². The molecule has 250 valence electrons. The molecule has 1 aliphatic carbocycles. The highest BCUT2D eigenvalue weighted by Gasteiger charge is 2.37. The van der Waals surface area contributed by atoms with Gasteiger partial charge >= 0.3 is 0 Å². The van der Waals surface area contributed by atoms with Crippen LogP contribution in [0.2, 0.25) is 0 Å². The van der Waals surface area contributed by atoms with Gasteiger partial charge in [0.2, 0.25) is 0 Å². The van der Waals surface area contributed by atoms with Crippen molar-refractivity contribution in [3.05, 3.63) is 206 Å². The summed E-state index contributed by atoms with van der Waals surface area (Å²) in [7, 11) is 0. The molecule has 3 heteroatoms. The third kappa shape index (κ3) is 5.55. The van der Waals surface area contributed by atoms with E-state index < -0.39 is 0 Å². The number of rotatable bonds is 6. The summed E-state index contributed by atoms with van der Waals surface area (Å²) in [6, 6.07) is 62.9. The maximum atomic E-state index is 5.22. The lowest BCUT2D eigenvalue weighted by Crippen LogP contribution is -2.28. The summed E-state index contributed by atoms with van der Waals surface area (Å²) in [5, 5.41) is 2.35. The van der Waals surface area contributed by atoms with Crippen molar-refractivity contribution in [3.8, 4) is 56.2 Å². The average molecular weight is 678 g/mol. The van der Waals surface area contributed by atoms with Gasteiger partial charge in [-0.05, 0) is 62.9 Å². The Kier molecular flexibility index (Phi) is 7.62. The van der Waals surface area contributed by atoms with Crippen molar-refractivity contribution in [1.29, 1.82) is 0 Å². The molecule has 2 atom stereocenters. The van der Waals surface area contributed by atoms with Crippen LogP contribution >= 0.6 is 0 Å². The number of fused-ring (bicyclic) bond motifs is 4. The number of allylic oxidation sites excluding steroid dienone is 2. The molecule has 2 aliphatic rings. The highest BCUT2D eigenvalue weighted by molar-refractivity contribution is 6.05. The molecule has 3 nitrogen and oxygen atoms in total. The molecule has 1 aliphatic heterocycles. The molecule has 2 heterocycles. The second-order valence-electron chi connectivity index (χ2n) is 13.7. The summed E-state index contributed by atoms with van der Waals surface area (Å²) < 4.78 is 0. The number of benzene rings is 7. The molecule has 0 saturated heterocycles. The monoisotopic (exact) mass is 677 g/mol. The van der Waals surface area contributed by atoms with E-state index in [0.717, 1.165) is 33.5 Å². The highest BCUT2D eigenvalue weighted by atomic mass is 15.2. The summed E-state index contributed by atoms with van der Waals surface area (Å²) in [6.07, 6.45) is 9.03. The van der Waals surface area contributed by atoms with Crippen molar-refractivity contribution < 1.29 is 0 Å². The van der Waals surface area contributed by atoms with Crippen LogP contribution in [0.5, 0.6) is 0 Å². The second kappa shape index (κ2) is 13.0. The van der Waals surface area contributed by atoms with Crippen molar-refractivity contribution >= 4 is 22.1 Å². The summed E-state index contributed by atoms with van der Waals surface area (Å²) in [5.74, 6) is 1.03. The molecule has 10 rings (SSSR count). The first-order valence-corrected chi connectivity index (χ1v) is 18.2. The second-order valence-corrected chi connectivity index (χ2v) is 13.7. The lowest BCUT2D eigenvalue weighted by Gasteiger charge is -2.28.